The highest BCUT2D eigenvalue weighted by atomic mass is 32.1. The average molecular weight is 584 g/mol. The van der Waals surface area contributed by atoms with Crippen LogP contribution in [0.1, 0.15) is 31.1 Å². The molecule has 0 bridgehead atoms. The molecule has 5 heterocycles. The van der Waals surface area contributed by atoms with Crippen LogP contribution in [0.5, 0.6) is 0 Å². The quantitative estimate of drug-likeness (QED) is 0.316. The van der Waals surface area contributed by atoms with Crippen LogP contribution in [0.4, 0.5) is 0 Å². The number of hydrogen-bond donors (Lipinski definition) is 2. The van der Waals surface area contributed by atoms with Crippen LogP contribution in [0.2, 0.25) is 0 Å². The van der Waals surface area contributed by atoms with E-state index < -0.39 is 53.3 Å². The molecule has 0 spiro atoms. The number of aliphatic hydroxyl groups excluding tert-OH is 1. The molecule has 2 N–H and O–H groups in total. The van der Waals surface area contributed by atoms with E-state index in [1.807, 2.05) is 30.3 Å². The maximum atomic E-state index is 14.1. The zero-order chi connectivity index (χ0) is 29.1. The molecule has 2 aliphatic heterocycles. The van der Waals surface area contributed by atoms with Gasteiger partial charge in [-0.25, -0.2) is 19.1 Å². The summed E-state index contributed by atoms with van der Waals surface area (Å²) in [7, 11) is 0. The number of oxazole rings is 1. The standard InChI is InChI=1S/C28H29N3O9S/c1-14-19-24(33)31(28(2,3)26(34)35)27(36)30(25(19)41-22(14)23-29-9-10-37-23)11-17(15-7-5-4-6-8-15)40-18-13-39-20-16(32)12-38-21(18)20/h4-10,16-18,20-21,32H,11-13H2,1-3H3,(H,34,35). The molecular formula is C28H29N3O9S. The Morgan fingerprint density at radius 3 is 2.61 bits per heavy atom. The fourth-order valence-corrected chi connectivity index (χ4v) is 6.71. The van der Waals surface area contributed by atoms with Crippen molar-refractivity contribution in [3.05, 3.63) is 74.8 Å². The molecule has 13 heteroatoms. The van der Waals surface area contributed by atoms with Crippen LogP contribution < -0.4 is 11.2 Å². The molecule has 5 unspecified atom stereocenters. The normalized spacial score (nSPS) is 23.2. The van der Waals surface area contributed by atoms with Gasteiger partial charge in [0.15, 0.2) is 0 Å². The second kappa shape index (κ2) is 10.3. The minimum atomic E-state index is -1.84. The molecule has 216 valence electrons. The molecule has 4 aromatic rings. The topological polar surface area (TPSA) is 155 Å². The number of thiophene rings is 1. The van der Waals surface area contributed by atoms with E-state index in [0.717, 1.165) is 10.1 Å². The summed E-state index contributed by atoms with van der Waals surface area (Å²) >= 11 is 1.17. The number of carboxylic acid groups (broad SMARTS) is 1. The van der Waals surface area contributed by atoms with Gasteiger partial charge < -0.3 is 28.8 Å². The number of carboxylic acids is 1. The molecule has 2 fully saturated rings. The lowest BCUT2D eigenvalue weighted by molar-refractivity contribution is -0.146. The molecule has 5 atom stereocenters. The van der Waals surface area contributed by atoms with E-state index in [-0.39, 0.29) is 31.0 Å². The lowest BCUT2D eigenvalue weighted by atomic mass is 10.1. The SMILES string of the molecule is Cc1c(-c2ncco2)sc2c1c(=O)n(C(C)(C)C(=O)O)c(=O)n2CC(OC1COC2C(O)COC12)c1ccccc1. The van der Waals surface area contributed by atoms with Crippen LogP contribution in [0.15, 0.2) is 56.8 Å². The van der Waals surface area contributed by atoms with Gasteiger partial charge in [0, 0.05) is 0 Å². The monoisotopic (exact) mass is 583 g/mol. The third-order valence-corrected chi connectivity index (χ3v) is 9.06. The van der Waals surface area contributed by atoms with Gasteiger partial charge in [-0.1, -0.05) is 30.3 Å². The Balaban J connectivity index is 1.53. The number of fused-ring (bicyclic) bond motifs is 2. The number of hydrogen-bond acceptors (Lipinski definition) is 10. The number of aryl methyl sites for hydroxylation is 1. The van der Waals surface area contributed by atoms with E-state index in [0.29, 0.717) is 15.3 Å². The van der Waals surface area contributed by atoms with Gasteiger partial charge in [0.2, 0.25) is 5.89 Å². The Hall–Kier alpha value is -3.62. The van der Waals surface area contributed by atoms with Crippen LogP contribution in [0, 0.1) is 6.92 Å². The summed E-state index contributed by atoms with van der Waals surface area (Å²) in [4.78, 5) is 45.3. The first-order valence-electron chi connectivity index (χ1n) is 13.1. The molecule has 3 aromatic heterocycles. The van der Waals surface area contributed by atoms with Crippen LogP contribution in [0.3, 0.4) is 0 Å². The third kappa shape index (κ3) is 4.53. The third-order valence-electron chi connectivity index (χ3n) is 7.76. The second-order valence-electron chi connectivity index (χ2n) is 10.7. The van der Waals surface area contributed by atoms with Gasteiger partial charge in [0.1, 0.15) is 47.2 Å². The highest BCUT2D eigenvalue weighted by molar-refractivity contribution is 7.22. The fraction of sp³-hybridized carbons (Fsp3) is 0.429. The molecule has 41 heavy (non-hydrogen) atoms. The molecule has 0 amide bonds. The average Bonchev–Trinajstić information content (AvgIpc) is 3.73. The van der Waals surface area contributed by atoms with Crippen LogP contribution in [-0.2, 0) is 31.1 Å². The zero-order valence-electron chi connectivity index (χ0n) is 22.6. The molecule has 0 radical (unpaired) electrons. The molecule has 0 aliphatic carbocycles. The van der Waals surface area contributed by atoms with Gasteiger partial charge in [-0.3, -0.25) is 9.36 Å². The molecular weight excluding hydrogens is 554 g/mol. The van der Waals surface area contributed by atoms with Gasteiger partial charge in [-0.05, 0) is 31.9 Å². The van der Waals surface area contributed by atoms with E-state index >= 15 is 0 Å². The highest BCUT2D eigenvalue weighted by Crippen LogP contribution is 2.37. The number of aliphatic hydroxyl groups is 1. The lowest BCUT2D eigenvalue weighted by Gasteiger charge is -2.27. The zero-order valence-corrected chi connectivity index (χ0v) is 23.4. The Bertz CT molecular complexity index is 1710. The van der Waals surface area contributed by atoms with Crippen molar-refractivity contribution in [2.75, 3.05) is 13.2 Å². The predicted octanol–water partition coefficient (Wildman–Crippen LogP) is 2.29. The maximum Gasteiger partial charge on any atom is 0.333 e. The Morgan fingerprint density at radius 1 is 1.20 bits per heavy atom. The van der Waals surface area contributed by atoms with E-state index in [1.54, 1.807) is 6.92 Å². The first kappa shape index (κ1) is 27.5. The van der Waals surface area contributed by atoms with E-state index in [1.165, 1.54) is 42.2 Å². The number of carbonyl (C=O) groups is 1. The summed E-state index contributed by atoms with van der Waals surface area (Å²) in [6.07, 6.45) is -0.0799. The van der Waals surface area contributed by atoms with Crippen molar-refractivity contribution in [3.8, 4) is 10.8 Å². The van der Waals surface area contributed by atoms with Gasteiger partial charge >= 0.3 is 11.7 Å². The van der Waals surface area contributed by atoms with E-state index in [9.17, 15) is 24.6 Å². The van der Waals surface area contributed by atoms with Crippen molar-refractivity contribution in [1.29, 1.82) is 0 Å². The van der Waals surface area contributed by atoms with E-state index in [4.69, 9.17) is 18.6 Å². The predicted molar refractivity (Wildman–Crippen MR) is 147 cm³/mol. The number of ether oxygens (including phenoxy) is 3. The van der Waals surface area contributed by atoms with Gasteiger partial charge in [0.25, 0.3) is 5.56 Å². The number of aliphatic carboxylic acids is 1. The summed E-state index contributed by atoms with van der Waals surface area (Å²) in [5, 5.41) is 20.4. The van der Waals surface area contributed by atoms with Gasteiger partial charge in [0.05, 0.1) is 36.2 Å². The molecule has 1 aromatic carbocycles. The molecule has 0 saturated carbocycles. The van der Waals surface area contributed by atoms with Crippen LogP contribution in [0.25, 0.3) is 21.0 Å². The Kier molecular flexibility index (Phi) is 6.94. The molecule has 6 rings (SSSR count). The van der Waals surface area contributed by atoms with Gasteiger partial charge in [-0.15, -0.1) is 11.3 Å². The van der Waals surface area contributed by atoms with Crippen molar-refractivity contribution in [3.63, 3.8) is 0 Å². The summed E-state index contributed by atoms with van der Waals surface area (Å²) < 4.78 is 25.7. The van der Waals surface area contributed by atoms with E-state index in [2.05, 4.69) is 4.98 Å². The summed E-state index contributed by atoms with van der Waals surface area (Å²) in [5.41, 5.74) is -2.06. The van der Waals surface area contributed by atoms with Gasteiger partial charge in [-0.2, -0.15) is 0 Å². The largest absolute Gasteiger partial charge is 0.480 e. The minimum Gasteiger partial charge on any atom is -0.480 e. The molecule has 2 aliphatic rings. The summed E-state index contributed by atoms with van der Waals surface area (Å²) in [6.45, 7) is 4.63. The van der Waals surface area contributed by atoms with Crippen molar-refractivity contribution in [2.24, 2.45) is 0 Å². The Morgan fingerprint density at radius 2 is 1.93 bits per heavy atom. The number of rotatable bonds is 8. The summed E-state index contributed by atoms with van der Waals surface area (Å²) in [5.74, 6) is -1.04. The van der Waals surface area contributed by atoms with Crippen molar-refractivity contribution < 1.29 is 33.6 Å². The highest BCUT2D eigenvalue weighted by Gasteiger charge is 2.48. The molecule has 12 nitrogen and oxygen atoms in total. The summed E-state index contributed by atoms with van der Waals surface area (Å²) in [6, 6.07) is 9.27. The lowest BCUT2D eigenvalue weighted by Crippen LogP contribution is -2.52. The maximum absolute atomic E-state index is 14.1. The van der Waals surface area contributed by atoms with Crippen LogP contribution >= 0.6 is 11.3 Å². The van der Waals surface area contributed by atoms with Crippen molar-refractivity contribution in [1.82, 2.24) is 14.1 Å². The fourth-order valence-electron chi connectivity index (χ4n) is 5.47. The number of aromatic nitrogens is 3. The second-order valence-corrected chi connectivity index (χ2v) is 11.7. The Labute approximate surface area is 237 Å². The number of nitrogens with zero attached hydrogens (tertiary/aromatic N) is 3. The minimum absolute atomic E-state index is 0.0449. The smallest absolute Gasteiger partial charge is 0.333 e. The van der Waals surface area contributed by atoms with Crippen molar-refractivity contribution in [2.45, 2.75) is 63.4 Å². The number of benzene rings is 1. The first-order valence-corrected chi connectivity index (χ1v) is 14.0. The first-order chi connectivity index (χ1) is 19.6. The molecule has 2 saturated heterocycles. The van der Waals surface area contributed by atoms with Crippen molar-refractivity contribution >= 4 is 27.5 Å². The van der Waals surface area contributed by atoms with Crippen LogP contribution in [-0.4, -0.2) is 67.9 Å².